The van der Waals surface area contributed by atoms with Crippen LogP contribution in [0.4, 0.5) is 0 Å². The smallest absolute Gasteiger partial charge is 0.0500 e. The van der Waals surface area contributed by atoms with Gasteiger partial charge in [0.2, 0.25) is 0 Å². The van der Waals surface area contributed by atoms with Crippen LogP contribution >= 0.6 is 15.9 Å². The fraction of sp³-hybridized carbons (Fsp3) is 0.625. The lowest BCUT2D eigenvalue weighted by Gasteiger charge is -2.39. The number of nitrogens with zero attached hydrogens (tertiary/aromatic N) is 2. The van der Waals surface area contributed by atoms with Crippen LogP contribution in [0.25, 0.3) is 0 Å². The number of rotatable bonds is 7. The van der Waals surface area contributed by atoms with E-state index < -0.39 is 0 Å². The summed E-state index contributed by atoms with van der Waals surface area (Å²) in [4.78, 5) is 4.72. The zero-order valence-corrected chi connectivity index (χ0v) is 14.9. The maximum Gasteiger partial charge on any atom is 0.0500 e. The van der Waals surface area contributed by atoms with Crippen molar-refractivity contribution in [2.45, 2.75) is 38.9 Å². The van der Waals surface area contributed by atoms with Crippen LogP contribution in [-0.4, -0.2) is 49.1 Å². The molecule has 3 nitrogen and oxygen atoms in total. The van der Waals surface area contributed by atoms with Gasteiger partial charge in [-0.2, -0.15) is 0 Å². The monoisotopic (exact) mass is 341 g/mol. The van der Waals surface area contributed by atoms with E-state index in [0.29, 0.717) is 6.04 Å². The SMILES string of the molecule is CCN(C(C)CN(C)C)C(c1cccc(Br)c1)C(C)N. The van der Waals surface area contributed by atoms with E-state index in [4.69, 9.17) is 5.73 Å². The van der Waals surface area contributed by atoms with Crippen molar-refractivity contribution in [1.82, 2.24) is 9.80 Å². The Morgan fingerprint density at radius 2 is 1.90 bits per heavy atom. The van der Waals surface area contributed by atoms with Crippen molar-refractivity contribution >= 4 is 15.9 Å². The molecule has 0 aliphatic rings. The number of hydrogen-bond acceptors (Lipinski definition) is 3. The van der Waals surface area contributed by atoms with E-state index in [1.165, 1.54) is 5.56 Å². The Hall–Kier alpha value is -0.420. The molecular formula is C16H28BrN3. The molecule has 3 atom stereocenters. The van der Waals surface area contributed by atoms with Gasteiger partial charge in [-0.1, -0.05) is 35.0 Å². The van der Waals surface area contributed by atoms with E-state index in [0.717, 1.165) is 17.6 Å². The van der Waals surface area contributed by atoms with Crippen molar-refractivity contribution in [1.29, 1.82) is 0 Å². The summed E-state index contributed by atoms with van der Waals surface area (Å²) in [5, 5.41) is 0. The average Bonchev–Trinajstić information content (AvgIpc) is 2.33. The highest BCUT2D eigenvalue weighted by Gasteiger charge is 2.27. The van der Waals surface area contributed by atoms with Crippen LogP contribution in [0.2, 0.25) is 0 Å². The molecule has 20 heavy (non-hydrogen) atoms. The summed E-state index contributed by atoms with van der Waals surface area (Å²) in [5.74, 6) is 0. The Kier molecular flexibility index (Phi) is 7.17. The van der Waals surface area contributed by atoms with Gasteiger partial charge in [-0.05, 0) is 52.2 Å². The highest BCUT2D eigenvalue weighted by Crippen LogP contribution is 2.27. The van der Waals surface area contributed by atoms with E-state index in [-0.39, 0.29) is 12.1 Å². The fourth-order valence-electron chi connectivity index (χ4n) is 2.90. The Morgan fingerprint density at radius 3 is 2.35 bits per heavy atom. The lowest BCUT2D eigenvalue weighted by atomic mass is 9.97. The van der Waals surface area contributed by atoms with Gasteiger partial charge in [0.25, 0.3) is 0 Å². The van der Waals surface area contributed by atoms with Gasteiger partial charge in [0.05, 0.1) is 0 Å². The topological polar surface area (TPSA) is 32.5 Å². The number of benzene rings is 1. The van der Waals surface area contributed by atoms with Gasteiger partial charge in [0.15, 0.2) is 0 Å². The van der Waals surface area contributed by atoms with Crippen LogP contribution in [-0.2, 0) is 0 Å². The summed E-state index contributed by atoms with van der Waals surface area (Å²) in [6.07, 6.45) is 0. The molecule has 0 fully saturated rings. The molecule has 4 heteroatoms. The van der Waals surface area contributed by atoms with E-state index in [1.807, 2.05) is 0 Å². The second-order valence-corrected chi connectivity index (χ2v) is 6.72. The molecule has 0 radical (unpaired) electrons. The first kappa shape index (κ1) is 17.6. The second-order valence-electron chi connectivity index (χ2n) is 5.80. The third kappa shape index (κ3) is 4.85. The minimum absolute atomic E-state index is 0.0915. The quantitative estimate of drug-likeness (QED) is 0.826. The molecule has 114 valence electrons. The van der Waals surface area contributed by atoms with Gasteiger partial charge in [-0.15, -0.1) is 0 Å². The average molecular weight is 342 g/mol. The lowest BCUT2D eigenvalue weighted by molar-refractivity contribution is 0.114. The molecule has 0 aromatic heterocycles. The van der Waals surface area contributed by atoms with Crippen molar-refractivity contribution in [3.63, 3.8) is 0 Å². The summed E-state index contributed by atoms with van der Waals surface area (Å²) in [5.41, 5.74) is 7.57. The van der Waals surface area contributed by atoms with Crippen molar-refractivity contribution in [2.75, 3.05) is 27.2 Å². The van der Waals surface area contributed by atoms with Crippen molar-refractivity contribution < 1.29 is 0 Å². The lowest BCUT2D eigenvalue weighted by Crippen LogP contribution is -2.47. The number of halogens is 1. The Morgan fingerprint density at radius 1 is 1.25 bits per heavy atom. The first-order valence-electron chi connectivity index (χ1n) is 7.28. The molecular weight excluding hydrogens is 314 g/mol. The molecule has 0 saturated heterocycles. The van der Waals surface area contributed by atoms with Crippen molar-refractivity contribution in [3.8, 4) is 0 Å². The van der Waals surface area contributed by atoms with E-state index in [1.54, 1.807) is 0 Å². The van der Waals surface area contributed by atoms with Crippen molar-refractivity contribution in [2.24, 2.45) is 5.73 Å². The van der Waals surface area contributed by atoms with Crippen LogP contribution < -0.4 is 5.73 Å². The summed E-state index contributed by atoms with van der Waals surface area (Å²) in [7, 11) is 4.23. The molecule has 1 aromatic rings. The normalized spacial score (nSPS) is 16.4. The van der Waals surface area contributed by atoms with Gasteiger partial charge >= 0.3 is 0 Å². The van der Waals surface area contributed by atoms with Crippen molar-refractivity contribution in [3.05, 3.63) is 34.3 Å². The molecule has 0 spiro atoms. The Bertz CT molecular complexity index is 406. The fourth-order valence-corrected chi connectivity index (χ4v) is 3.32. The van der Waals surface area contributed by atoms with E-state index in [2.05, 4.69) is 84.9 Å². The highest BCUT2D eigenvalue weighted by atomic mass is 79.9. The zero-order valence-electron chi connectivity index (χ0n) is 13.3. The van der Waals surface area contributed by atoms with Crippen LogP contribution in [0.15, 0.2) is 28.7 Å². The molecule has 0 aliphatic heterocycles. The van der Waals surface area contributed by atoms with E-state index in [9.17, 15) is 0 Å². The predicted octanol–water partition coefficient (Wildman–Crippen LogP) is 3.11. The third-order valence-corrected chi connectivity index (χ3v) is 4.10. The number of likely N-dealkylation sites (N-methyl/N-ethyl adjacent to an activating group) is 2. The summed E-state index contributed by atoms with van der Waals surface area (Å²) in [6, 6.07) is 9.29. The third-order valence-electron chi connectivity index (χ3n) is 3.61. The molecule has 1 aromatic carbocycles. The number of nitrogens with two attached hydrogens (primary N) is 1. The van der Waals surface area contributed by atoms with Gasteiger partial charge in [-0.3, -0.25) is 4.90 Å². The minimum atomic E-state index is 0.0915. The largest absolute Gasteiger partial charge is 0.326 e. The van der Waals surface area contributed by atoms with Gasteiger partial charge in [0, 0.05) is 29.1 Å². The first-order valence-corrected chi connectivity index (χ1v) is 8.07. The molecule has 0 amide bonds. The van der Waals surface area contributed by atoms with Crippen LogP contribution in [0, 0.1) is 0 Å². The van der Waals surface area contributed by atoms with Crippen LogP contribution in [0.5, 0.6) is 0 Å². The van der Waals surface area contributed by atoms with Gasteiger partial charge < -0.3 is 10.6 Å². The maximum atomic E-state index is 6.29. The summed E-state index contributed by atoms with van der Waals surface area (Å²) in [6.45, 7) is 8.60. The minimum Gasteiger partial charge on any atom is -0.326 e. The van der Waals surface area contributed by atoms with E-state index >= 15 is 0 Å². The Labute approximate surface area is 132 Å². The molecule has 2 N–H and O–H groups in total. The predicted molar refractivity (Wildman–Crippen MR) is 90.9 cm³/mol. The summed E-state index contributed by atoms with van der Waals surface area (Å²) < 4.78 is 1.11. The van der Waals surface area contributed by atoms with Crippen LogP contribution in [0.3, 0.4) is 0 Å². The van der Waals surface area contributed by atoms with Gasteiger partial charge in [-0.25, -0.2) is 0 Å². The molecule has 3 unspecified atom stereocenters. The molecule has 0 bridgehead atoms. The molecule has 0 aliphatic carbocycles. The molecule has 0 heterocycles. The first-order chi connectivity index (χ1) is 9.36. The molecule has 1 rings (SSSR count). The summed E-state index contributed by atoms with van der Waals surface area (Å²) >= 11 is 3.56. The zero-order chi connectivity index (χ0) is 15.3. The number of hydrogen-bond donors (Lipinski definition) is 1. The van der Waals surface area contributed by atoms with Crippen LogP contribution in [0.1, 0.15) is 32.4 Å². The standard InChI is InChI=1S/C16H28BrN3/c1-6-20(12(2)11-19(4)5)16(13(3)18)14-8-7-9-15(17)10-14/h7-10,12-13,16H,6,11,18H2,1-5H3. The molecule has 0 saturated carbocycles. The Balaban J connectivity index is 3.04. The maximum absolute atomic E-state index is 6.29. The highest BCUT2D eigenvalue weighted by molar-refractivity contribution is 9.10. The second kappa shape index (κ2) is 8.13. The van der Waals surface area contributed by atoms with Gasteiger partial charge in [0.1, 0.15) is 0 Å².